The van der Waals surface area contributed by atoms with Crippen molar-refractivity contribution in [3.8, 4) is 0 Å². The van der Waals surface area contributed by atoms with Gasteiger partial charge in [0.2, 0.25) is 5.91 Å². The summed E-state index contributed by atoms with van der Waals surface area (Å²) in [4.78, 5) is 27.9. The summed E-state index contributed by atoms with van der Waals surface area (Å²) in [6.07, 6.45) is 1.45. The molecule has 2 aromatic carbocycles. The van der Waals surface area contributed by atoms with Gasteiger partial charge in [-0.3, -0.25) is 9.59 Å². The molecule has 2 aromatic rings. The Morgan fingerprint density at radius 1 is 1.20 bits per heavy atom. The quantitative estimate of drug-likeness (QED) is 0.834. The van der Waals surface area contributed by atoms with Crippen LogP contribution in [-0.2, 0) is 11.3 Å². The summed E-state index contributed by atoms with van der Waals surface area (Å²) in [5.41, 5.74) is 2.15. The van der Waals surface area contributed by atoms with Crippen LogP contribution in [0, 0.1) is 5.82 Å². The average molecular weight is 340 g/mol. The minimum atomic E-state index is -0.305. The minimum Gasteiger partial charge on any atom is -0.335 e. The second-order valence-electron chi connectivity index (χ2n) is 6.15. The molecule has 0 aromatic heterocycles. The molecule has 3 rings (SSSR count). The molecule has 2 amide bonds. The Kier molecular flexibility index (Phi) is 5.12. The normalized spacial score (nSPS) is 14.0. The Morgan fingerprint density at radius 2 is 1.96 bits per heavy atom. The predicted octanol–water partition coefficient (Wildman–Crippen LogP) is 3.61. The zero-order valence-electron chi connectivity index (χ0n) is 14.2. The first-order chi connectivity index (χ1) is 12.1. The summed E-state index contributed by atoms with van der Waals surface area (Å²) in [5.74, 6) is -0.285. The molecule has 25 heavy (non-hydrogen) atoms. The van der Waals surface area contributed by atoms with Crippen molar-refractivity contribution in [2.75, 3.05) is 18.0 Å². The number of nitrogens with zero attached hydrogens (tertiary/aromatic N) is 2. The first-order valence-electron chi connectivity index (χ1n) is 8.52. The highest BCUT2D eigenvalue weighted by Crippen LogP contribution is 2.22. The first kappa shape index (κ1) is 17.1. The van der Waals surface area contributed by atoms with E-state index in [0.29, 0.717) is 25.1 Å². The van der Waals surface area contributed by atoms with E-state index in [-0.39, 0.29) is 17.6 Å². The molecule has 0 bridgehead atoms. The zero-order valence-corrected chi connectivity index (χ0v) is 14.2. The van der Waals surface area contributed by atoms with Crippen molar-refractivity contribution in [3.63, 3.8) is 0 Å². The fourth-order valence-electron chi connectivity index (χ4n) is 3.07. The summed E-state index contributed by atoms with van der Waals surface area (Å²) >= 11 is 0. The smallest absolute Gasteiger partial charge is 0.254 e. The van der Waals surface area contributed by atoms with Crippen molar-refractivity contribution in [1.29, 1.82) is 0 Å². The predicted molar refractivity (Wildman–Crippen MR) is 94.8 cm³/mol. The van der Waals surface area contributed by atoms with Crippen LogP contribution in [0.2, 0.25) is 0 Å². The molecule has 4 nitrogen and oxygen atoms in total. The summed E-state index contributed by atoms with van der Waals surface area (Å²) < 4.78 is 13.3. The number of amides is 2. The van der Waals surface area contributed by atoms with Crippen molar-refractivity contribution in [3.05, 3.63) is 65.5 Å². The van der Waals surface area contributed by atoms with Gasteiger partial charge in [0.05, 0.1) is 0 Å². The van der Waals surface area contributed by atoms with E-state index in [4.69, 9.17) is 0 Å². The van der Waals surface area contributed by atoms with Crippen LogP contribution in [0.25, 0.3) is 0 Å². The van der Waals surface area contributed by atoms with Crippen LogP contribution in [0.15, 0.2) is 48.5 Å². The Bertz CT molecular complexity index is 774. The zero-order chi connectivity index (χ0) is 17.8. The van der Waals surface area contributed by atoms with Gasteiger partial charge in [-0.15, -0.1) is 0 Å². The lowest BCUT2D eigenvalue weighted by Crippen LogP contribution is -2.30. The first-order valence-corrected chi connectivity index (χ1v) is 8.52. The molecule has 1 heterocycles. The SMILES string of the molecule is CCN(Cc1cccc(F)c1)C(=O)c1ccc(N2CCCC2=O)cc1. The van der Waals surface area contributed by atoms with Gasteiger partial charge in [-0.1, -0.05) is 12.1 Å². The maximum Gasteiger partial charge on any atom is 0.254 e. The number of hydrogen-bond acceptors (Lipinski definition) is 2. The monoisotopic (exact) mass is 340 g/mol. The topological polar surface area (TPSA) is 40.6 Å². The largest absolute Gasteiger partial charge is 0.335 e. The third-order valence-electron chi connectivity index (χ3n) is 4.43. The number of rotatable bonds is 5. The van der Waals surface area contributed by atoms with Crippen LogP contribution < -0.4 is 4.90 Å². The number of carbonyl (C=O) groups is 2. The van der Waals surface area contributed by atoms with E-state index < -0.39 is 0 Å². The molecule has 5 heteroatoms. The Balaban J connectivity index is 1.73. The maximum absolute atomic E-state index is 13.3. The van der Waals surface area contributed by atoms with E-state index in [2.05, 4.69) is 0 Å². The van der Waals surface area contributed by atoms with E-state index in [1.807, 2.05) is 19.1 Å². The highest BCUT2D eigenvalue weighted by molar-refractivity contribution is 5.97. The second kappa shape index (κ2) is 7.47. The van der Waals surface area contributed by atoms with Crippen LogP contribution >= 0.6 is 0 Å². The molecule has 0 N–H and O–H groups in total. The lowest BCUT2D eigenvalue weighted by atomic mass is 10.1. The Morgan fingerprint density at radius 3 is 2.56 bits per heavy atom. The van der Waals surface area contributed by atoms with Gasteiger partial charge in [-0.25, -0.2) is 4.39 Å². The molecule has 0 radical (unpaired) electrons. The summed E-state index contributed by atoms with van der Waals surface area (Å²) in [7, 11) is 0. The summed E-state index contributed by atoms with van der Waals surface area (Å²) in [6.45, 7) is 3.52. The molecule has 1 aliphatic rings. The van der Waals surface area contributed by atoms with E-state index in [1.54, 1.807) is 34.1 Å². The molecular formula is C20H21FN2O2. The summed E-state index contributed by atoms with van der Waals surface area (Å²) in [6, 6.07) is 13.4. The molecule has 0 unspecified atom stereocenters. The Hall–Kier alpha value is -2.69. The molecule has 0 saturated carbocycles. The number of halogens is 1. The van der Waals surface area contributed by atoms with E-state index >= 15 is 0 Å². The average Bonchev–Trinajstić information content (AvgIpc) is 3.05. The molecule has 0 spiro atoms. The highest BCUT2D eigenvalue weighted by atomic mass is 19.1. The van der Waals surface area contributed by atoms with E-state index in [9.17, 15) is 14.0 Å². The van der Waals surface area contributed by atoms with Gasteiger partial charge in [0.1, 0.15) is 5.82 Å². The number of carbonyl (C=O) groups excluding carboxylic acids is 2. The van der Waals surface area contributed by atoms with Crippen LogP contribution in [0.4, 0.5) is 10.1 Å². The van der Waals surface area contributed by atoms with E-state index in [0.717, 1.165) is 24.2 Å². The van der Waals surface area contributed by atoms with Crippen LogP contribution in [-0.4, -0.2) is 29.8 Å². The third-order valence-corrected chi connectivity index (χ3v) is 4.43. The van der Waals surface area contributed by atoms with Crippen LogP contribution in [0.1, 0.15) is 35.7 Å². The summed E-state index contributed by atoms with van der Waals surface area (Å²) in [5, 5.41) is 0. The standard InChI is InChI=1S/C20H21FN2O2/c1-2-22(14-15-5-3-6-17(21)13-15)20(25)16-8-10-18(11-9-16)23-12-4-7-19(23)24/h3,5-6,8-11,13H,2,4,7,12,14H2,1H3. The van der Waals surface area contributed by atoms with Crippen molar-refractivity contribution in [1.82, 2.24) is 4.90 Å². The Labute approximate surface area is 146 Å². The van der Waals surface area contributed by atoms with E-state index in [1.165, 1.54) is 12.1 Å². The number of hydrogen-bond donors (Lipinski definition) is 0. The molecule has 1 aliphatic heterocycles. The maximum atomic E-state index is 13.3. The van der Waals surface area contributed by atoms with Gasteiger partial charge in [0.15, 0.2) is 0 Å². The van der Waals surface area contributed by atoms with Gasteiger partial charge in [-0.05, 0) is 55.3 Å². The van der Waals surface area contributed by atoms with Crippen molar-refractivity contribution < 1.29 is 14.0 Å². The molecular weight excluding hydrogens is 319 g/mol. The van der Waals surface area contributed by atoms with Crippen molar-refractivity contribution in [2.45, 2.75) is 26.3 Å². The van der Waals surface area contributed by atoms with Gasteiger partial charge < -0.3 is 9.80 Å². The molecule has 0 atom stereocenters. The molecule has 130 valence electrons. The number of benzene rings is 2. The number of anilines is 1. The van der Waals surface area contributed by atoms with Crippen molar-refractivity contribution in [2.24, 2.45) is 0 Å². The molecule has 1 saturated heterocycles. The fourth-order valence-corrected chi connectivity index (χ4v) is 3.07. The third kappa shape index (κ3) is 3.87. The van der Waals surface area contributed by atoms with Crippen LogP contribution in [0.5, 0.6) is 0 Å². The van der Waals surface area contributed by atoms with Crippen molar-refractivity contribution >= 4 is 17.5 Å². The second-order valence-corrected chi connectivity index (χ2v) is 6.15. The van der Waals surface area contributed by atoms with Gasteiger partial charge >= 0.3 is 0 Å². The lowest BCUT2D eigenvalue weighted by Gasteiger charge is -2.22. The molecule has 1 fully saturated rings. The lowest BCUT2D eigenvalue weighted by molar-refractivity contribution is -0.117. The minimum absolute atomic E-state index is 0.106. The van der Waals surface area contributed by atoms with Gasteiger partial charge in [0, 0.05) is 37.3 Å². The van der Waals surface area contributed by atoms with Gasteiger partial charge in [-0.2, -0.15) is 0 Å². The fraction of sp³-hybridized carbons (Fsp3) is 0.300. The van der Waals surface area contributed by atoms with Gasteiger partial charge in [0.25, 0.3) is 5.91 Å². The molecule has 0 aliphatic carbocycles. The van der Waals surface area contributed by atoms with Crippen LogP contribution in [0.3, 0.4) is 0 Å². The highest BCUT2D eigenvalue weighted by Gasteiger charge is 2.22.